The largest absolute Gasteiger partial charge is 0.465 e. The van der Waals surface area contributed by atoms with Crippen LogP contribution >= 0.6 is 0 Å². The van der Waals surface area contributed by atoms with Gasteiger partial charge < -0.3 is 4.74 Å². The van der Waals surface area contributed by atoms with E-state index < -0.39 is 24.3 Å². The summed E-state index contributed by atoms with van der Waals surface area (Å²) in [7, 11) is 0. The number of nitrogens with zero attached hydrogens (tertiary/aromatic N) is 5. The lowest BCUT2D eigenvalue weighted by molar-refractivity contribution is -0.189. The summed E-state index contributed by atoms with van der Waals surface area (Å²) in [6, 6.07) is 5.16. The molecule has 0 aliphatic carbocycles. The maximum atomic E-state index is 12.9. The minimum Gasteiger partial charge on any atom is -0.465 e. The number of hydrogen-bond donors (Lipinski definition) is 0. The van der Waals surface area contributed by atoms with Gasteiger partial charge >= 0.3 is 12.4 Å². The Kier molecular flexibility index (Phi) is 4.20. The van der Waals surface area contributed by atoms with Gasteiger partial charge in [-0.3, -0.25) is 0 Å². The number of ether oxygens (including phenoxy) is 1. The van der Waals surface area contributed by atoms with Crippen molar-refractivity contribution in [1.29, 1.82) is 0 Å². The fraction of sp³-hybridized carbons (Fsp3) is 0.286. The van der Waals surface area contributed by atoms with E-state index in [9.17, 15) is 26.3 Å². The molecule has 3 aromatic heterocycles. The SMILES string of the molecule is CC(Oc1ccc(-c2ccc3nnc(C(F)(F)F)n3n2)cn1)C(F)(F)F. The zero-order valence-corrected chi connectivity index (χ0v) is 12.9. The number of pyridine rings is 1. The van der Waals surface area contributed by atoms with Crippen molar-refractivity contribution in [3.05, 3.63) is 36.3 Å². The molecule has 0 radical (unpaired) electrons. The minimum absolute atomic E-state index is 0.103. The fourth-order valence-electron chi connectivity index (χ4n) is 1.97. The highest BCUT2D eigenvalue weighted by Gasteiger charge is 2.38. The molecule has 0 spiro atoms. The van der Waals surface area contributed by atoms with E-state index in [1.807, 2.05) is 0 Å². The Balaban J connectivity index is 1.90. The molecular weight excluding hydrogens is 368 g/mol. The third kappa shape index (κ3) is 3.53. The molecule has 138 valence electrons. The average Bonchev–Trinajstić information content (AvgIpc) is 2.98. The van der Waals surface area contributed by atoms with Gasteiger partial charge in [-0.25, -0.2) is 4.98 Å². The number of hydrogen-bond acceptors (Lipinski definition) is 5. The third-order valence-electron chi connectivity index (χ3n) is 3.31. The van der Waals surface area contributed by atoms with Crippen molar-refractivity contribution >= 4 is 5.65 Å². The summed E-state index contributed by atoms with van der Waals surface area (Å²) in [4.78, 5) is 3.72. The summed E-state index contributed by atoms with van der Waals surface area (Å²) in [5.74, 6) is -1.57. The average molecular weight is 377 g/mol. The summed E-state index contributed by atoms with van der Waals surface area (Å²) in [6.45, 7) is 0.829. The minimum atomic E-state index is -4.74. The van der Waals surface area contributed by atoms with E-state index >= 15 is 0 Å². The second kappa shape index (κ2) is 6.11. The molecule has 3 heterocycles. The van der Waals surface area contributed by atoms with Gasteiger partial charge in [0.25, 0.3) is 5.82 Å². The Morgan fingerprint density at radius 3 is 2.31 bits per heavy atom. The van der Waals surface area contributed by atoms with Gasteiger partial charge in [0.1, 0.15) is 0 Å². The van der Waals surface area contributed by atoms with E-state index in [0.717, 1.165) is 13.1 Å². The van der Waals surface area contributed by atoms with Crippen LogP contribution in [0.4, 0.5) is 26.3 Å². The highest BCUT2D eigenvalue weighted by Crippen LogP contribution is 2.28. The van der Waals surface area contributed by atoms with E-state index in [1.165, 1.54) is 24.3 Å². The van der Waals surface area contributed by atoms with Crippen LogP contribution in [-0.4, -0.2) is 37.1 Å². The molecule has 0 saturated heterocycles. The van der Waals surface area contributed by atoms with Crippen LogP contribution in [0.2, 0.25) is 0 Å². The van der Waals surface area contributed by atoms with Crippen LogP contribution < -0.4 is 4.74 Å². The Hall–Kier alpha value is -2.92. The van der Waals surface area contributed by atoms with Gasteiger partial charge in [0, 0.05) is 17.8 Å². The normalized spacial score (nSPS) is 13.8. The van der Waals surface area contributed by atoms with Crippen LogP contribution in [0.5, 0.6) is 5.88 Å². The van der Waals surface area contributed by atoms with Gasteiger partial charge in [-0.15, -0.1) is 10.2 Å². The van der Waals surface area contributed by atoms with Gasteiger partial charge in [0.05, 0.1) is 5.69 Å². The number of fused-ring (bicyclic) bond motifs is 1. The van der Waals surface area contributed by atoms with Gasteiger partial charge in [0.15, 0.2) is 11.8 Å². The summed E-state index contributed by atoms with van der Waals surface area (Å²) >= 11 is 0. The molecule has 0 saturated carbocycles. The molecule has 0 N–H and O–H groups in total. The smallest absolute Gasteiger partial charge is 0.453 e. The van der Waals surface area contributed by atoms with Gasteiger partial charge in [-0.05, 0) is 25.1 Å². The molecule has 1 atom stereocenters. The predicted octanol–water partition coefficient (Wildman–Crippen LogP) is 3.53. The predicted molar refractivity (Wildman–Crippen MR) is 75.2 cm³/mol. The molecule has 0 aromatic carbocycles. The van der Waals surface area contributed by atoms with Crippen LogP contribution in [0, 0.1) is 0 Å². The first-order valence-corrected chi connectivity index (χ1v) is 7.05. The quantitative estimate of drug-likeness (QED) is 0.654. The summed E-state index contributed by atoms with van der Waals surface area (Å²) in [5, 5.41) is 10.2. The zero-order chi connectivity index (χ0) is 19.1. The van der Waals surface area contributed by atoms with Crippen LogP contribution in [0.15, 0.2) is 30.5 Å². The first-order valence-electron chi connectivity index (χ1n) is 7.05. The first kappa shape index (κ1) is 17.9. The monoisotopic (exact) mass is 377 g/mol. The van der Waals surface area contributed by atoms with Crippen molar-refractivity contribution < 1.29 is 31.1 Å². The van der Waals surface area contributed by atoms with E-state index in [0.29, 0.717) is 4.52 Å². The molecule has 3 aromatic rings. The summed E-state index contributed by atoms with van der Waals surface area (Å²) in [6.07, 6.45) is -10.2. The molecule has 0 amide bonds. The lowest BCUT2D eigenvalue weighted by Crippen LogP contribution is -2.31. The molecule has 0 aliphatic rings. The van der Waals surface area contributed by atoms with E-state index in [4.69, 9.17) is 0 Å². The van der Waals surface area contributed by atoms with Crippen molar-refractivity contribution in [2.75, 3.05) is 0 Å². The Bertz CT molecular complexity index is 918. The lowest BCUT2D eigenvalue weighted by Gasteiger charge is -2.16. The molecule has 0 fully saturated rings. The Morgan fingerprint density at radius 1 is 1.00 bits per heavy atom. The van der Waals surface area contributed by atoms with Crippen molar-refractivity contribution in [1.82, 2.24) is 24.8 Å². The molecule has 6 nitrogen and oxygen atoms in total. The topological polar surface area (TPSA) is 65.2 Å². The number of halogens is 6. The van der Waals surface area contributed by atoms with Crippen LogP contribution in [-0.2, 0) is 6.18 Å². The molecule has 0 bridgehead atoms. The number of rotatable bonds is 3. The zero-order valence-electron chi connectivity index (χ0n) is 12.9. The summed E-state index contributed by atoms with van der Waals surface area (Å²) in [5.41, 5.74) is 0.277. The van der Waals surface area contributed by atoms with Crippen molar-refractivity contribution in [3.63, 3.8) is 0 Å². The summed E-state index contributed by atoms with van der Waals surface area (Å²) < 4.78 is 81.2. The van der Waals surface area contributed by atoms with E-state index in [2.05, 4.69) is 25.0 Å². The van der Waals surface area contributed by atoms with Crippen LogP contribution in [0.3, 0.4) is 0 Å². The highest BCUT2D eigenvalue weighted by atomic mass is 19.4. The Morgan fingerprint density at radius 2 is 1.73 bits per heavy atom. The molecule has 26 heavy (non-hydrogen) atoms. The molecule has 1 unspecified atom stereocenters. The highest BCUT2D eigenvalue weighted by molar-refractivity contribution is 5.59. The van der Waals surface area contributed by atoms with Crippen LogP contribution in [0.1, 0.15) is 12.7 Å². The van der Waals surface area contributed by atoms with Gasteiger partial charge in [-0.1, -0.05) is 0 Å². The molecule has 12 heteroatoms. The van der Waals surface area contributed by atoms with Gasteiger partial charge in [0.2, 0.25) is 5.88 Å². The molecule has 0 aliphatic heterocycles. The number of alkyl halides is 6. The molecule has 3 rings (SSSR count). The Labute approximate surface area is 141 Å². The van der Waals surface area contributed by atoms with E-state index in [-0.39, 0.29) is 22.8 Å². The maximum Gasteiger partial charge on any atom is 0.453 e. The van der Waals surface area contributed by atoms with Crippen molar-refractivity contribution in [2.24, 2.45) is 0 Å². The van der Waals surface area contributed by atoms with Gasteiger partial charge in [-0.2, -0.15) is 36.0 Å². The second-order valence-electron chi connectivity index (χ2n) is 5.20. The maximum absolute atomic E-state index is 12.9. The second-order valence-corrected chi connectivity index (χ2v) is 5.20. The van der Waals surface area contributed by atoms with Crippen LogP contribution in [0.25, 0.3) is 16.9 Å². The molecular formula is C14H9F6N5O. The first-order chi connectivity index (χ1) is 12.1. The number of aromatic nitrogens is 5. The fourth-order valence-corrected chi connectivity index (χ4v) is 1.97. The van der Waals surface area contributed by atoms with E-state index in [1.54, 1.807) is 0 Å². The van der Waals surface area contributed by atoms with Crippen molar-refractivity contribution in [3.8, 4) is 17.1 Å². The third-order valence-corrected chi connectivity index (χ3v) is 3.31. The van der Waals surface area contributed by atoms with Crippen molar-refractivity contribution in [2.45, 2.75) is 25.4 Å². The lowest BCUT2D eigenvalue weighted by atomic mass is 10.2. The standard InChI is InChI=1S/C14H9F6N5O/c1-7(13(15,16)17)26-11-5-2-8(6-21-11)9-3-4-10-22-23-12(14(18,19)20)25(10)24-9/h2-7H,1H3.